The second kappa shape index (κ2) is 9.08. The van der Waals surface area contributed by atoms with Gasteiger partial charge in [0, 0.05) is 49.2 Å². The Morgan fingerprint density at radius 1 is 0.839 bits per heavy atom. The van der Waals surface area contributed by atoms with E-state index in [0.717, 1.165) is 29.9 Å². The third-order valence-electron chi connectivity index (χ3n) is 5.70. The van der Waals surface area contributed by atoms with E-state index in [9.17, 15) is 9.59 Å². The molecule has 0 bridgehead atoms. The summed E-state index contributed by atoms with van der Waals surface area (Å²) in [6.45, 7) is 6.58. The maximum Gasteiger partial charge on any atom is 0.254 e. The summed E-state index contributed by atoms with van der Waals surface area (Å²) < 4.78 is 0. The number of rotatable bonds is 4. The molecule has 0 saturated carbocycles. The lowest BCUT2D eigenvalue weighted by atomic mass is 10.1. The molecule has 0 N–H and O–H groups in total. The molecule has 1 aliphatic heterocycles. The molecular formula is C25H26N4O2. The molecule has 2 aromatic heterocycles. The van der Waals surface area contributed by atoms with E-state index in [4.69, 9.17) is 0 Å². The summed E-state index contributed by atoms with van der Waals surface area (Å²) in [5.74, 6) is 0.708. The van der Waals surface area contributed by atoms with E-state index in [1.54, 1.807) is 24.4 Å². The van der Waals surface area contributed by atoms with Gasteiger partial charge in [0.25, 0.3) is 5.91 Å². The molecular weight excluding hydrogens is 388 g/mol. The molecule has 3 heterocycles. The van der Waals surface area contributed by atoms with Crippen LogP contribution in [-0.4, -0.2) is 52.7 Å². The summed E-state index contributed by atoms with van der Waals surface area (Å²) in [6, 6.07) is 16.8. The Morgan fingerprint density at radius 2 is 1.65 bits per heavy atom. The summed E-state index contributed by atoms with van der Waals surface area (Å²) in [4.78, 5) is 38.8. The largest absolute Gasteiger partial charge is 0.355 e. The topological polar surface area (TPSA) is 66.4 Å². The minimum absolute atomic E-state index is 0.0730. The van der Waals surface area contributed by atoms with Gasteiger partial charge >= 0.3 is 0 Å². The lowest BCUT2D eigenvalue weighted by Crippen LogP contribution is -2.35. The van der Waals surface area contributed by atoms with Gasteiger partial charge in [-0.2, -0.15) is 0 Å². The summed E-state index contributed by atoms with van der Waals surface area (Å²) in [7, 11) is 0. The number of pyridine rings is 2. The number of amides is 1. The first-order chi connectivity index (χ1) is 15.0. The minimum Gasteiger partial charge on any atom is -0.355 e. The maximum absolute atomic E-state index is 13.0. The fraction of sp³-hybridized carbons (Fsp3) is 0.280. The van der Waals surface area contributed by atoms with Crippen LogP contribution in [0.5, 0.6) is 0 Å². The maximum atomic E-state index is 13.0. The Kier molecular flexibility index (Phi) is 6.07. The molecule has 3 aromatic rings. The van der Waals surface area contributed by atoms with Gasteiger partial charge in [-0.1, -0.05) is 24.3 Å². The quantitative estimate of drug-likeness (QED) is 0.610. The molecule has 158 valence electrons. The van der Waals surface area contributed by atoms with Crippen molar-refractivity contribution in [2.24, 2.45) is 0 Å². The number of nitrogens with zero attached hydrogens (tertiary/aromatic N) is 4. The molecule has 1 aliphatic rings. The zero-order chi connectivity index (χ0) is 21.8. The van der Waals surface area contributed by atoms with Gasteiger partial charge in [0.15, 0.2) is 0 Å². The molecule has 1 saturated heterocycles. The van der Waals surface area contributed by atoms with Crippen molar-refractivity contribution in [1.82, 2.24) is 14.9 Å². The first-order valence-corrected chi connectivity index (χ1v) is 10.6. The molecule has 0 radical (unpaired) electrons. The van der Waals surface area contributed by atoms with Crippen LogP contribution in [-0.2, 0) is 0 Å². The van der Waals surface area contributed by atoms with Crippen molar-refractivity contribution in [3.63, 3.8) is 0 Å². The Bertz CT molecular complexity index is 1110. The van der Waals surface area contributed by atoms with E-state index >= 15 is 0 Å². The fourth-order valence-corrected chi connectivity index (χ4v) is 3.92. The van der Waals surface area contributed by atoms with Crippen LogP contribution in [0.2, 0.25) is 0 Å². The zero-order valence-electron chi connectivity index (χ0n) is 17.9. The van der Waals surface area contributed by atoms with Gasteiger partial charge in [0.05, 0.1) is 0 Å². The number of carbonyl (C=O) groups excluding carboxylic acids is 2. The third-order valence-corrected chi connectivity index (χ3v) is 5.70. The molecule has 31 heavy (non-hydrogen) atoms. The number of aryl methyl sites for hydroxylation is 2. The second-order valence-corrected chi connectivity index (χ2v) is 7.79. The first kappa shape index (κ1) is 20.7. The van der Waals surface area contributed by atoms with Gasteiger partial charge in [0.2, 0.25) is 5.78 Å². The van der Waals surface area contributed by atoms with Crippen LogP contribution in [0.15, 0.2) is 60.8 Å². The van der Waals surface area contributed by atoms with Crippen molar-refractivity contribution in [3.8, 4) is 0 Å². The second-order valence-electron chi connectivity index (χ2n) is 7.79. The Morgan fingerprint density at radius 3 is 2.45 bits per heavy atom. The molecule has 0 aliphatic carbocycles. The highest BCUT2D eigenvalue weighted by molar-refractivity contribution is 6.08. The number of ketones is 1. The molecule has 0 unspecified atom stereocenters. The SMILES string of the molecule is Cc1ccccc1C(=O)N1CCCN(c2cccc(C(=O)c3cccnc3C)n2)CC1. The summed E-state index contributed by atoms with van der Waals surface area (Å²) in [5.41, 5.74) is 3.42. The van der Waals surface area contributed by atoms with Crippen LogP contribution in [0.1, 0.15) is 44.1 Å². The third kappa shape index (κ3) is 4.48. The highest BCUT2D eigenvalue weighted by Gasteiger charge is 2.22. The molecule has 0 spiro atoms. The average molecular weight is 415 g/mol. The van der Waals surface area contributed by atoms with Gasteiger partial charge in [-0.25, -0.2) is 4.98 Å². The Balaban J connectivity index is 1.49. The Labute approximate surface area is 182 Å². The highest BCUT2D eigenvalue weighted by Crippen LogP contribution is 2.19. The summed E-state index contributed by atoms with van der Waals surface area (Å²) >= 11 is 0. The fourth-order valence-electron chi connectivity index (χ4n) is 3.92. The predicted molar refractivity (Wildman–Crippen MR) is 121 cm³/mol. The number of anilines is 1. The standard InChI is InChI=1S/C25H26N4O2/c1-18-8-3-4-9-20(18)25(31)29-15-7-14-28(16-17-29)23-12-5-11-22(27-23)24(30)21-10-6-13-26-19(21)2/h3-6,8-13H,7,14-17H2,1-2H3. The van der Waals surface area contributed by atoms with Gasteiger partial charge in [-0.05, 0) is 56.2 Å². The molecule has 1 fully saturated rings. The van der Waals surface area contributed by atoms with E-state index in [-0.39, 0.29) is 11.7 Å². The molecule has 4 rings (SSSR count). The number of aromatic nitrogens is 2. The normalized spacial score (nSPS) is 14.3. The van der Waals surface area contributed by atoms with Gasteiger partial charge in [-0.3, -0.25) is 14.6 Å². The lowest BCUT2D eigenvalue weighted by molar-refractivity contribution is 0.0766. The van der Waals surface area contributed by atoms with Gasteiger partial charge in [-0.15, -0.1) is 0 Å². The van der Waals surface area contributed by atoms with Gasteiger partial charge < -0.3 is 9.80 Å². The van der Waals surface area contributed by atoms with Crippen LogP contribution in [0.4, 0.5) is 5.82 Å². The molecule has 6 nitrogen and oxygen atoms in total. The van der Waals surface area contributed by atoms with Crippen molar-refractivity contribution in [2.75, 3.05) is 31.1 Å². The number of carbonyl (C=O) groups is 2. The molecule has 1 amide bonds. The summed E-state index contributed by atoms with van der Waals surface area (Å²) in [6.07, 6.45) is 2.52. The zero-order valence-corrected chi connectivity index (χ0v) is 17.9. The number of benzene rings is 1. The van der Waals surface area contributed by atoms with Crippen LogP contribution < -0.4 is 4.90 Å². The summed E-state index contributed by atoms with van der Waals surface area (Å²) in [5, 5.41) is 0. The van der Waals surface area contributed by atoms with Crippen LogP contribution in [0.25, 0.3) is 0 Å². The van der Waals surface area contributed by atoms with E-state index in [0.29, 0.717) is 36.6 Å². The average Bonchev–Trinajstić information content (AvgIpc) is 3.05. The number of hydrogen-bond donors (Lipinski definition) is 0. The van der Waals surface area contributed by atoms with Crippen molar-refractivity contribution in [3.05, 3.63) is 88.9 Å². The Hall–Kier alpha value is -3.54. The van der Waals surface area contributed by atoms with Crippen LogP contribution >= 0.6 is 0 Å². The van der Waals surface area contributed by atoms with Crippen molar-refractivity contribution >= 4 is 17.5 Å². The smallest absolute Gasteiger partial charge is 0.254 e. The van der Waals surface area contributed by atoms with Gasteiger partial charge in [0.1, 0.15) is 11.5 Å². The first-order valence-electron chi connectivity index (χ1n) is 10.6. The van der Waals surface area contributed by atoms with Crippen LogP contribution in [0, 0.1) is 13.8 Å². The van der Waals surface area contributed by atoms with E-state index in [2.05, 4.69) is 14.9 Å². The van der Waals surface area contributed by atoms with Crippen molar-refractivity contribution in [2.45, 2.75) is 20.3 Å². The predicted octanol–water partition coefficient (Wildman–Crippen LogP) is 3.68. The lowest BCUT2D eigenvalue weighted by Gasteiger charge is -2.23. The van der Waals surface area contributed by atoms with E-state index < -0.39 is 0 Å². The molecule has 0 atom stereocenters. The van der Waals surface area contributed by atoms with Crippen LogP contribution in [0.3, 0.4) is 0 Å². The minimum atomic E-state index is -0.126. The van der Waals surface area contributed by atoms with E-state index in [1.807, 2.05) is 55.1 Å². The number of hydrogen-bond acceptors (Lipinski definition) is 5. The molecule has 1 aromatic carbocycles. The monoisotopic (exact) mass is 414 g/mol. The van der Waals surface area contributed by atoms with Crippen molar-refractivity contribution < 1.29 is 9.59 Å². The highest BCUT2D eigenvalue weighted by atomic mass is 16.2. The van der Waals surface area contributed by atoms with E-state index in [1.165, 1.54) is 0 Å². The van der Waals surface area contributed by atoms with Crippen molar-refractivity contribution in [1.29, 1.82) is 0 Å². The molecule has 6 heteroatoms.